The zero-order valence-corrected chi connectivity index (χ0v) is 22.3. The first kappa shape index (κ1) is 28.5. The van der Waals surface area contributed by atoms with Gasteiger partial charge < -0.3 is 29.4 Å². The van der Waals surface area contributed by atoms with Gasteiger partial charge in [-0.25, -0.2) is 19.2 Å². The van der Waals surface area contributed by atoms with Crippen LogP contribution in [0.15, 0.2) is 103 Å². The van der Waals surface area contributed by atoms with Crippen LogP contribution < -0.4 is 5.32 Å². The maximum Gasteiger partial charge on any atom is 0.338 e. The van der Waals surface area contributed by atoms with Crippen LogP contribution in [0.2, 0.25) is 0 Å². The van der Waals surface area contributed by atoms with Gasteiger partial charge in [0, 0.05) is 6.20 Å². The third-order valence-corrected chi connectivity index (χ3v) is 6.66. The summed E-state index contributed by atoms with van der Waals surface area (Å²) in [5.74, 6) is -2.15. The molecule has 2 amide bonds. The van der Waals surface area contributed by atoms with Gasteiger partial charge in [-0.1, -0.05) is 54.6 Å². The van der Waals surface area contributed by atoms with Crippen molar-refractivity contribution in [2.75, 3.05) is 13.2 Å². The Morgan fingerprint density at radius 2 is 1.29 bits per heavy atom. The average Bonchev–Trinajstić information content (AvgIpc) is 3.25. The average molecular weight is 573 g/mol. The van der Waals surface area contributed by atoms with Crippen LogP contribution in [0.4, 0.5) is 4.79 Å². The first-order valence-corrected chi connectivity index (χ1v) is 13.2. The highest BCUT2D eigenvalue weighted by molar-refractivity contribution is 5.91. The van der Waals surface area contributed by atoms with Gasteiger partial charge in [0.1, 0.15) is 12.7 Å². The molecule has 0 radical (unpaired) electrons. The first-order valence-electron chi connectivity index (χ1n) is 13.2. The standard InChI is InChI=1S/C31H28N2O9/c34-23-16-17-32-31(38)33(18-23)27-26(42-30(37)22-14-8-3-9-15-22)25(41-29(36)21-12-6-2-7-13-21)24(40-27)19-39-28(35)20-10-4-1-5-11-20/h1-17,23-27,34H,18-19H2,(H,32,38)/t23?,24-,25-,26-,27-/m1/s1. The third-order valence-electron chi connectivity index (χ3n) is 6.66. The van der Waals surface area contributed by atoms with Crippen molar-refractivity contribution in [3.8, 4) is 0 Å². The van der Waals surface area contributed by atoms with Crippen LogP contribution >= 0.6 is 0 Å². The second kappa shape index (κ2) is 13.1. The topological polar surface area (TPSA) is 141 Å². The van der Waals surface area contributed by atoms with Crippen molar-refractivity contribution < 1.29 is 43.2 Å². The van der Waals surface area contributed by atoms with E-state index in [0.717, 1.165) is 4.90 Å². The number of amides is 2. The summed E-state index contributed by atoms with van der Waals surface area (Å²) in [6, 6.07) is 23.9. The lowest BCUT2D eigenvalue weighted by Crippen LogP contribution is -2.53. The maximum atomic E-state index is 13.2. The number of nitrogens with one attached hydrogen (secondary N) is 1. The fourth-order valence-electron chi connectivity index (χ4n) is 4.59. The molecule has 0 spiro atoms. The Bertz CT molecular complexity index is 1430. The summed E-state index contributed by atoms with van der Waals surface area (Å²) < 4.78 is 23.4. The summed E-state index contributed by atoms with van der Waals surface area (Å²) >= 11 is 0. The Morgan fingerprint density at radius 1 is 0.786 bits per heavy atom. The number of rotatable bonds is 8. The molecule has 0 saturated carbocycles. The number of hydrogen-bond acceptors (Lipinski definition) is 9. The summed E-state index contributed by atoms with van der Waals surface area (Å²) in [5.41, 5.74) is 0.727. The Hall–Kier alpha value is -5.00. The molecule has 0 bridgehead atoms. The summed E-state index contributed by atoms with van der Waals surface area (Å²) in [5, 5.41) is 12.9. The second-order valence-electron chi connectivity index (χ2n) is 9.53. The monoisotopic (exact) mass is 572 g/mol. The highest BCUT2D eigenvalue weighted by Crippen LogP contribution is 2.32. The number of urea groups is 1. The predicted octanol–water partition coefficient (Wildman–Crippen LogP) is 2.92. The van der Waals surface area contributed by atoms with E-state index in [1.54, 1.807) is 91.0 Å². The molecule has 11 heteroatoms. The van der Waals surface area contributed by atoms with Crippen LogP contribution in [0.1, 0.15) is 31.1 Å². The van der Waals surface area contributed by atoms with Crippen molar-refractivity contribution in [1.82, 2.24) is 10.2 Å². The Balaban J connectivity index is 1.47. The third kappa shape index (κ3) is 6.65. The molecule has 1 fully saturated rings. The number of hydrogen-bond donors (Lipinski definition) is 2. The van der Waals surface area contributed by atoms with Gasteiger partial charge in [-0.05, 0) is 42.5 Å². The smallest absolute Gasteiger partial charge is 0.338 e. The van der Waals surface area contributed by atoms with E-state index in [9.17, 15) is 24.3 Å². The summed E-state index contributed by atoms with van der Waals surface area (Å²) in [4.78, 5) is 53.3. The number of ether oxygens (including phenoxy) is 4. The molecule has 2 heterocycles. The number of β-amino-alcohol motifs (C(OH)–C–C–N with tert-alkyl or cyclic N) is 1. The van der Waals surface area contributed by atoms with Gasteiger partial charge in [-0.3, -0.25) is 4.90 Å². The van der Waals surface area contributed by atoms with Crippen molar-refractivity contribution in [3.05, 3.63) is 120 Å². The number of aliphatic hydroxyl groups is 1. The number of carbonyl (C=O) groups is 4. The van der Waals surface area contributed by atoms with Crippen LogP contribution in [0.25, 0.3) is 0 Å². The fraction of sp³-hybridized carbons (Fsp3) is 0.226. The molecular weight excluding hydrogens is 544 g/mol. The molecule has 2 N–H and O–H groups in total. The number of esters is 3. The van der Waals surface area contributed by atoms with E-state index in [4.69, 9.17) is 18.9 Å². The molecule has 3 aromatic carbocycles. The van der Waals surface area contributed by atoms with Gasteiger partial charge >= 0.3 is 23.9 Å². The highest BCUT2D eigenvalue weighted by atomic mass is 16.7. The molecule has 1 saturated heterocycles. The van der Waals surface area contributed by atoms with Crippen molar-refractivity contribution in [2.45, 2.75) is 30.6 Å². The van der Waals surface area contributed by atoms with Gasteiger partial charge in [0.25, 0.3) is 0 Å². The minimum absolute atomic E-state index is 0.213. The zero-order chi connectivity index (χ0) is 29.5. The Labute approximate surface area is 241 Å². The van der Waals surface area contributed by atoms with Crippen molar-refractivity contribution >= 4 is 23.9 Å². The number of benzene rings is 3. The Morgan fingerprint density at radius 3 is 1.83 bits per heavy atom. The molecule has 42 heavy (non-hydrogen) atoms. The van der Waals surface area contributed by atoms with E-state index >= 15 is 0 Å². The van der Waals surface area contributed by atoms with E-state index in [2.05, 4.69) is 5.32 Å². The van der Waals surface area contributed by atoms with Gasteiger partial charge in [-0.2, -0.15) is 0 Å². The predicted molar refractivity (Wildman–Crippen MR) is 147 cm³/mol. The molecule has 2 aliphatic rings. The first-order chi connectivity index (χ1) is 20.4. The summed E-state index contributed by atoms with van der Waals surface area (Å²) in [6.07, 6.45) is -3.53. The molecule has 0 aromatic heterocycles. The van der Waals surface area contributed by atoms with E-state index in [1.165, 1.54) is 12.3 Å². The van der Waals surface area contributed by atoms with Crippen molar-refractivity contribution in [2.24, 2.45) is 0 Å². The lowest BCUT2D eigenvalue weighted by molar-refractivity contribution is -0.0897. The van der Waals surface area contributed by atoms with Crippen LogP contribution in [0.3, 0.4) is 0 Å². The zero-order valence-electron chi connectivity index (χ0n) is 22.3. The van der Waals surface area contributed by atoms with Gasteiger partial charge in [0.15, 0.2) is 18.4 Å². The largest absolute Gasteiger partial charge is 0.459 e. The van der Waals surface area contributed by atoms with Gasteiger partial charge in [0.05, 0.1) is 29.3 Å². The number of aliphatic hydroxyl groups excluding tert-OH is 1. The second-order valence-corrected chi connectivity index (χ2v) is 9.53. The molecule has 0 aliphatic carbocycles. The highest BCUT2D eigenvalue weighted by Gasteiger charge is 2.54. The lowest BCUT2D eigenvalue weighted by Gasteiger charge is -2.31. The molecule has 5 rings (SSSR count). The normalized spacial score (nSPS) is 23.4. The minimum atomic E-state index is -1.36. The van der Waals surface area contributed by atoms with E-state index in [1.807, 2.05) is 0 Å². The van der Waals surface area contributed by atoms with Crippen molar-refractivity contribution in [3.63, 3.8) is 0 Å². The van der Waals surface area contributed by atoms with Crippen LogP contribution in [0, 0.1) is 0 Å². The van der Waals surface area contributed by atoms with Crippen LogP contribution in [-0.2, 0) is 18.9 Å². The van der Waals surface area contributed by atoms with Gasteiger partial charge in [0.2, 0.25) is 0 Å². The fourth-order valence-corrected chi connectivity index (χ4v) is 4.59. The molecular formula is C31H28N2O9. The summed E-state index contributed by atoms with van der Waals surface area (Å²) in [6.45, 7) is -0.616. The lowest BCUT2D eigenvalue weighted by atomic mass is 10.1. The van der Waals surface area contributed by atoms with Crippen LogP contribution in [0.5, 0.6) is 0 Å². The number of nitrogens with zero attached hydrogens (tertiary/aromatic N) is 1. The van der Waals surface area contributed by atoms with E-state index < -0.39 is 61.2 Å². The molecule has 3 aromatic rings. The minimum Gasteiger partial charge on any atom is -0.459 e. The molecule has 11 nitrogen and oxygen atoms in total. The SMILES string of the molecule is O=C(OC[C@H]1O[C@@H](N2CC(O)C=CNC2=O)[C@H](OC(=O)c2ccccc2)[C@@H]1OC(=O)c1ccccc1)c1ccccc1. The molecule has 1 unspecified atom stereocenters. The molecule has 216 valence electrons. The Kier molecular flexibility index (Phi) is 8.90. The summed E-state index contributed by atoms with van der Waals surface area (Å²) in [7, 11) is 0. The van der Waals surface area contributed by atoms with Crippen LogP contribution in [-0.4, -0.2) is 77.7 Å². The van der Waals surface area contributed by atoms with Crippen molar-refractivity contribution in [1.29, 1.82) is 0 Å². The molecule has 2 aliphatic heterocycles. The molecule has 5 atom stereocenters. The quantitative estimate of drug-likeness (QED) is 0.308. The number of carbonyl (C=O) groups excluding carboxylic acids is 4. The van der Waals surface area contributed by atoms with E-state index in [0.29, 0.717) is 0 Å². The maximum absolute atomic E-state index is 13.2. The van der Waals surface area contributed by atoms with E-state index in [-0.39, 0.29) is 23.2 Å². The van der Waals surface area contributed by atoms with Gasteiger partial charge in [-0.15, -0.1) is 0 Å².